The summed E-state index contributed by atoms with van der Waals surface area (Å²) in [7, 11) is -0.573. The van der Waals surface area contributed by atoms with Gasteiger partial charge in [0.15, 0.2) is 0 Å². The van der Waals surface area contributed by atoms with Gasteiger partial charge in [-0.1, -0.05) is 54.2 Å². The molecule has 4 nitrogen and oxygen atoms in total. The van der Waals surface area contributed by atoms with Crippen molar-refractivity contribution in [2.45, 2.75) is 6.92 Å². The van der Waals surface area contributed by atoms with Crippen LogP contribution in [0.3, 0.4) is 0 Å². The highest BCUT2D eigenvalue weighted by molar-refractivity contribution is 7.90. The van der Waals surface area contributed by atoms with Crippen LogP contribution in [0.15, 0.2) is 48.5 Å². The number of rotatable bonds is 5. The third-order valence-corrected chi connectivity index (χ3v) is 5.09. The lowest BCUT2D eigenvalue weighted by atomic mass is 10.0. The van der Waals surface area contributed by atoms with Crippen LogP contribution in [0.5, 0.6) is 0 Å². The highest BCUT2D eigenvalue weighted by Crippen LogP contribution is 2.17. The van der Waals surface area contributed by atoms with Crippen molar-refractivity contribution in [3.63, 3.8) is 0 Å². The molecule has 6 heteroatoms. The van der Waals surface area contributed by atoms with E-state index in [0.717, 1.165) is 15.4 Å². The first-order chi connectivity index (χ1) is 10.3. The molecule has 2 rings (SSSR count). The van der Waals surface area contributed by atoms with Gasteiger partial charge in [0.25, 0.3) is 0 Å². The van der Waals surface area contributed by atoms with E-state index in [1.54, 1.807) is 18.2 Å². The molecular weight excluding hydrogens is 316 g/mol. The second-order valence-electron chi connectivity index (χ2n) is 5.17. The molecule has 116 valence electrons. The van der Waals surface area contributed by atoms with E-state index in [0.29, 0.717) is 10.6 Å². The smallest absolute Gasteiger partial charge is 0.271 e. The van der Waals surface area contributed by atoms with Crippen molar-refractivity contribution in [2.24, 2.45) is 0 Å². The van der Waals surface area contributed by atoms with Gasteiger partial charge in [-0.25, -0.2) is 0 Å². The standard InChI is InChI=1S/C16H18N2O2S2/c1-12-7-9-13(10-8-12)16(21)14-5-4-6-15(11-14)17-22(19,20)18(2)3/h4-11,17H,1-3H3. The predicted octanol–water partition coefficient (Wildman–Crippen LogP) is 2.98. The van der Waals surface area contributed by atoms with Crippen molar-refractivity contribution < 1.29 is 8.42 Å². The van der Waals surface area contributed by atoms with Gasteiger partial charge in [-0.3, -0.25) is 4.72 Å². The molecule has 0 amide bonds. The number of nitrogens with one attached hydrogen (secondary N) is 1. The molecule has 1 N–H and O–H groups in total. The first kappa shape index (κ1) is 16.6. The number of anilines is 1. The fourth-order valence-electron chi connectivity index (χ4n) is 1.84. The number of nitrogens with zero attached hydrogens (tertiary/aromatic N) is 1. The summed E-state index contributed by atoms with van der Waals surface area (Å²) >= 11 is 5.50. The zero-order valence-electron chi connectivity index (χ0n) is 12.7. The third kappa shape index (κ3) is 3.91. The fraction of sp³-hybridized carbons (Fsp3) is 0.188. The van der Waals surface area contributed by atoms with Crippen LogP contribution in [-0.4, -0.2) is 31.7 Å². The molecule has 0 spiro atoms. The molecule has 0 unspecified atom stereocenters. The first-order valence-corrected chi connectivity index (χ1v) is 8.56. The van der Waals surface area contributed by atoms with E-state index in [-0.39, 0.29) is 0 Å². The number of hydrogen-bond acceptors (Lipinski definition) is 3. The van der Waals surface area contributed by atoms with E-state index in [9.17, 15) is 8.42 Å². The molecule has 22 heavy (non-hydrogen) atoms. The summed E-state index contributed by atoms with van der Waals surface area (Å²) in [6.07, 6.45) is 0. The molecule has 2 aromatic rings. The highest BCUT2D eigenvalue weighted by Gasteiger charge is 2.13. The Bertz CT molecular complexity index is 782. The second kappa shape index (κ2) is 6.56. The number of aryl methyl sites for hydroxylation is 1. The zero-order valence-corrected chi connectivity index (χ0v) is 14.3. The summed E-state index contributed by atoms with van der Waals surface area (Å²) < 4.78 is 27.4. The van der Waals surface area contributed by atoms with Crippen LogP contribution in [0.1, 0.15) is 16.7 Å². The quantitative estimate of drug-likeness (QED) is 0.675. The minimum absolute atomic E-state index is 0.487. The molecule has 0 atom stereocenters. The lowest BCUT2D eigenvalue weighted by Gasteiger charge is -2.14. The Labute approximate surface area is 137 Å². The van der Waals surface area contributed by atoms with Crippen LogP contribution in [-0.2, 0) is 10.2 Å². The van der Waals surface area contributed by atoms with E-state index in [2.05, 4.69) is 4.72 Å². The van der Waals surface area contributed by atoms with Crippen LogP contribution >= 0.6 is 12.2 Å². The Morgan fingerprint density at radius 3 is 2.27 bits per heavy atom. The summed E-state index contributed by atoms with van der Waals surface area (Å²) in [6, 6.07) is 15.0. The molecular formula is C16H18N2O2S2. The van der Waals surface area contributed by atoms with E-state index in [1.165, 1.54) is 19.7 Å². The van der Waals surface area contributed by atoms with Gasteiger partial charge < -0.3 is 0 Å². The molecule has 0 bridgehead atoms. The highest BCUT2D eigenvalue weighted by atomic mass is 32.2. The van der Waals surface area contributed by atoms with Gasteiger partial charge in [-0.15, -0.1) is 0 Å². The van der Waals surface area contributed by atoms with Crippen molar-refractivity contribution in [2.75, 3.05) is 18.8 Å². The van der Waals surface area contributed by atoms with Crippen molar-refractivity contribution in [1.82, 2.24) is 4.31 Å². The molecule has 0 saturated heterocycles. The normalized spacial score (nSPS) is 11.5. The van der Waals surface area contributed by atoms with Crippen molar-refractivity contribution in [3.8, 4) is 0 Å². The maximum atomic E-state index is 11.9. The van der Waals surface area contributed by atoms with Gasteiger partial charge in [0.1, 0.15) is 0 Å². The molecule has 0 heterocycles. The maximum Gasteiger partial charge on any atom is 0.301 e. The van der Waals surface area contributed by atoms with Gasteiger partial charge >= 0.3 is 10.2 Å². The largest absolute Gasteiger partial charge is 0.301 e. The number of thiocarbonyl (C=S) groups is 1. The maximum absolute atomic E-state index is 11.9. The monoisotopic (exact) mass is 334 g/mol. The second-order valence-corrected chi connectivity index (χ2v) is 7.46. The molecule has 0 saturated carbocycles. The first-order valence-electron chi connectivity index (χ1n) is 6.71. The lowest BCUT2D eigenvalue weighted by Crippen LogP contribution is -2.28. The fourth-order valence-corrected chi connectivity index (χ4v) is 2.71. The molecule has 2 aromatic carbocycles. The Morgan fingerprint density at radius 1 is 1.05 bits per heavy atom. The zero-order chi connectivity index (χ0) is 16.3. The third-order valence-electron chi connectivity index (χ3n) is 3.17. The molecule has 0 aliphatic heterocycles. The van der Waals surface area contributed by atoms with Crippen molar-refractivity contribution >= 4 is 33.0 Å². The van der Waals surface area contributed by atoms with Crippen LogP contribution in [0.25, 0.3) is 0 Å². The average Bonchev–Trinajstić information content (AvgIpc) is 2.47. The van der Waals surface area contributed by atoms with Crippen molar-refractivity contribution in [3.05, 3.63) is 65.2 Å². The number of benzene rings is 2. The predicted molar refractivity (Wildman–Crippen MR) is 94.7 cm³/mol. The topological polar surface area (TPSA) is 49.4 Å². The van der Waals surface area contributed by atoms with E-state index in [4.69, 9.17) is 12.2 Å². The summed E-state index contributed by atoms with van der Waals surface area (Å²) in [5.41, 5.74) is 3.39. The van der Waals surface area contributed by atoms with E-state index >= 15 is 0 Å². The molecule has 0 aliphatic rings. The van der Waals surface area contributed by atoms with Crippen LogP contribution < -0.4 is 4.72 Å². The van der Waals surface area contributed by atoms with Crippen LogP contribution in [0.4, 0.5) is 5.69 Å². The molecule has 0 radical (unpaired) electrons. The summed E-state index contributed by atoms with van der Waals surface area (Å²) in [5.74, 6) is 0. The van der Waals surface area contributed by atoms with Crippen molar-refractivity contribution in [1.29, 1.82) is 0 Å². The van der Waals surface area contributed by atoms with Gasteiger partial charge in [0, 0.05) is 14.1 Å². The Morgan fingerprint density at radius 2 is 1.68 bits per heavy atom. The summed E-state index contributed by atoms with van der Waals surface area (Å²) in [6.45, 7) is 2.02. The Hall–Kier alpha value is -1.76. The number of hydrogen-bond donors (Lipinski definition) is 1. The van der Waals surface area contributed by atoms with E-state index in [1.807, 2.05) is 37.3 Å². The van der Waals surface area contributed by atoms with Gasteiger partial charge in [-0.05, 0) is 30.2 Å². The summed E-state index contributed by atoms with van der Waals surface area (Å²) in [5, 5.41) is 0. The minimum atomic E-state index is -3.52. The Balaban J connectivity index is 2.28. The van der Waals surface area contributed by atoms with Gasteiger partial charge in [0.05, 0.1) is 10.6 Å². The molecule has 0 aliphatic carbocycles. The summed E-state index contributed by atoms with van der Waals surface area (Å²) in [4.78, 5) is 0.686. The van der Waals surface area contributed by atoms with Gasteiger partial charge in [0.2, 0.25) is 0 Å². The van der Waals surface area contributed by atoms with Crippen LogP contribution in [0.2, 0.25) is 0 Å². The SMILES string of the molecule is Cc1ccc(C(=S)c2cccc(NS(=O)(=O)N(C)C)c2)cc1. The average molecular weight is 334 g/mol. The lowest BCUT2D eigenvalue weighted by molar-refractivity contribution is 0.527. The van der Waals surface area contributed by atoms with E-state index < -0.39 is 10.2 Å². The van der Waals surface area contributed by atoms with Gasteiger partial charge in [-0.2, -0.15) is 12.7 Å². The Kier molecular flexibility index (Phi) is 4.95. The molecule has 0 fully saturated rings. The molecule has 0 aromatic heterocycles. The minimum Gasteiger partial charge on any atom is -0.271 e. The van der Waals surface area contributed by atoms with Crippen LogP contribution in [0, 0.1) is 6.92 Å².